The summed E-state index contributed by atoms with van der Waals surface area (Å²) < 4.78 is 10.2. The molecule has 5 nitrogen and oxygen atoms in total. The Kier molecular flexibility index (Phi) is 14.6. The molecular weight excluding hydrogens is 242 g/mol. The number of hydrogen-bond acceptors (Lipinski definition) is 3. The lowest BCUT2D eigenvalue weighted by Crippen LogP contribution is -2.34. The van der Waals surface area contributed by atoms with E-state index in [-0.39, 0.29) is 0 Å². The quantitative estimate of drug-likeness (QED) is 0.305. The molecule has 0 aromatic carbocycles. The van der Waals surface area contributed by atoms with E-state index in [0.29, 0.717) is 32.3 Å². The van der Waals surface area contributed by atoms with Gasteiger partial charge >= 0.3 is 0 Å². The molecule has 0 unspecified atom stereocenters. The number of guanidine groups is 1. The van der Waals surface area contributed by atoms with E-state index in [0.717, 1.165) is 13.0 Å². The van der Waals surface area contributed by atoms with Gasteiger partial charge in [-0.05, 0) is 6.42 Å². The minimum Gasteiger partial charge on any atom is -0.382 e. The first kappa shape index (κ1) is 18.2. The Morgan fingerprint density at radius 1 is 1.05 bits per heavy atom. The van der Waals surface area contributed by atoms with E-state index in [1.807, 2.05) is 0 Å². The van der Waals surface area contributed by atoms with Crippen LogP contribution < -0.4 is 11.1 Å². The van der Waals surface area contributed by atoms with Crippen LogP contribution in [0.2, 0.25) is 0 Å². The fourth-order valence-corrected chi connectivity index (χ4v) is 1.64. The lowest BCUT2D eigenvalue weighted by Gasteiger charge is -2.06. The van der Waals surface area contributed by atoms with Crippen LogP contribution in [0.4, 0.5) is 0 Å². The van der Waals surface area contributed by atoms with Gasteiger partial charge in [-0.3, -0.25) is 4.99 Å². The molecule has 0 aromatic heterocycles. The van der Waals surface area contributed by atoms with Crippen LogP contribution in [0.1, 0.15) is 45.4 Å². The monoisotopic (exact) mass is 273 g/mol. The summed E-state index contributed by atoms with van der Waals surface area (Å²) in [6, 6.07) is 0. The summed E-state index contributed by atoms with van der Waals surface area (Å²) in [4.78, 5) is 4.28. The SMILES string of the molecule is CCCCCCCCN=C(N)NCCOCCOC. The summed E-state index contributed by atoms with van der Waals surface area (Å²) in [7, 11) is 1.66. The summed E-state index contributed by atoms with van der Waals surface area (Å²) >= 11 is 0. The molecule has 0 amide bonds. The van der Waals surface area contributed by atoms with Crippen LogP contribution in [0.3, 0.4) is 0 Å². The predicted molar refractivity (Wildman–Crippen MR) is 80.6 cm³/mol. The molecule has 0 heterocycles. The Bertz CT molecular complexity index is 211. The van der Waals surface area contributed by atoms with Crippen molar-refractivity contribution in [3.8, 4) is 0 Å². The molecule has 0 saturated heterocycles. The average Bonchev–Trinajstić information content (AvgIpc) is 2.41. The third kappa shape index (κ3) is 15.1. The highest BCUT2D eigenvalue weighted by Gasteiger charge is 1.93. The van der Waals surface area contributed by atoms with Gasteiger partial charge in [0.1, 0.15) is 0 Å². The van der Waals surface area contributed by atoms with E-state index in [9.17, 15) is 0 Å². The van der Waals surface area contributed by atoms with Crippen molar-refractivity contribution in [2.75, 3.05) is 40.0 Å². The maximum atomic E-state index is 5.74. The zero-order valence-corrected chi connectivity index (χ0v) is 12.6. The zero-order valence-electron chi connectivity index (χ0n) is 12.6. The van der Waals surface area contributed by atoms with E-state index >= 15 is 0 Å². The Morgan fingerprint density at radius 3 is 2.53 bits per heavy atom. The maximum Gasteiger partial charge on any atom is 0.188 e. The van der Waals surface area contributed by atoms with E-state index in [4.69, 9.17) is 15.2 Å². The Morgan fingerprint density at radius 2 is 1.79 bits per heavy atom. The van der Waals surface area contributed by atoms with E-state index < -0.39 is 0 Å². The molecule has 0 saturated carbocycles. The number of aliphatic imine (C=N–C) groups is 1. The van der Waals surface area contributed by atoms with Crippen molar-refractivity contribution in [3.63, 3.8) is 0 Å². The van der Waals surface area contributed by atoms with Crippen molar-refractivity contribution in [2.45, 2.75) is 45.4 Å². The highest BCUT2D eigenvalue weighted by Crippen LogP contribution is 2.04. The number of methoxy groups -OCH3 is 1. The fraction of sp³-hybridized carbons (Fsp3) is 0.929. The highest BCUT2D eigenvalue weighted by molar-refractivity contribution is 5.77. The lowest BCUT2D eigenvalue weighted by molar-refractivity contribution is 0.0734. The highest BCUT2D eigenvalue weighted by atomic mass is 16.5. The summed E-state index contributed by atoms with van der Waals surface area (Å²) in [6.07, 6.45) is 7.65. The normalized spacial score (nSPS) is 11.8. The number of unbranched alkanes of at least 4 members (excludes halogenated alkanes) is 5. The molecule has 0 aromatic rings. The number of nitrogens with zero attached hydrogens (tertiary/aromatic N) is 1. The minimum absolute atomic E-state index is 0.517. The molecule has 3 N–H and O–H groups in total. The van der Waals surface area contributed by atoms with Crippen molar-refractivity contribution < 1.29 is 9.47 Å². The second-order valence-corrected chi connectivity index (χ2v) is 4.57. The van der Waals surface area contributed by atoms with Gasteiger partial charge in [0.2, 0.25) is 0 Å². The van der Waals surface area contributed by atoms with Gasteiger partial charge in [0.25, 0.3) is 0 Å². The summed E-state index contributed by atoms with van der Waals surface area (Å²) in [5.74, 6) is 0.517. The number of nitrogens with one attached hydrogen (secondary N) is 1. The molecule has 0 aliphatic carbocycles. The molecule has 19 heavy (non-hydrogen) atoms. The largest absolute Gasteiger partial charge is 0.382 e. The molecule has 0 aliphatic rings. The first-order valence-corrected chi connectivity index (χ1v) is 7.41. The first-order valence-electron chi connectivity index (χ1n) is 7.41. The molecule has 5 heteroatoms. The number of ether oxygens (including phenoxy) is 2. The van der Waals surface area contributed by atoms with Crippen LogP contribution in [0, 0.1) is 0 Å². The van der Waals surface area contributed by atoms with Crippen LogP contribution in [0.5, 0.6) is 0 Å². The number of hydrogen-bond donors (Lipinski definition) is 2. The van der Waals surface area contributed by atoms with Crippen molar-refractivity contribution in [3.05, 3.63) is 0 Å². The van der Waals surface area contributed by atoms with Gasteiger partial charge < -0.3 is 20.5 Å². The summed E-state index contributed by atoms with van der Waals surface area (Å²) in [6.45, 7) is 5.60. The second kappa shape index (κ2) is 15.2. The standard InChI is InChI=1S/C14H31N3O2/c1-3-4-5-6-7-8-9-16-14(15)17-10-11-19-13-12-18-2/h3-13H2,1-2H3,(H3,15,16,17). The Hall–Kier alpha value is -0.810. The van der Waals surface area contributed by atoms with Crippen LogP contribution in [0.15, 0.2) is 4.99 Å². The van der Waals surface area contributed by atoms with Gasteiger partial charge in [-0.1, -0.05) is 39.0 Å². The molecule has 0 bridgehead atoms. The molecular formula is C14H31N3O2. The smallest absolute Gasteiger partial charge is 0.188 e. The first-order chi connectivity index (χ1) is 9.31. The van der Waals surface area contributed by atoms with E-state index in [1.165, 1.54) is 32.1 Å². The topological polar surface area (TPSA) is 68.9 Å². The Labute approximate surface area is 117 Å². The molecule has 0 atom stereocenters. The van der Waals surface area contributed by atoms with Crippen LogP contribution in [-0.4, -0.2) is 46.0 Å². The third-order valence-corrected chi connectivity index (χ3v) is 2.78. The molecule has 0 aliphatic heterocycles. The van der Waals surface area contributed by atoms with Gasteiger partial charge in [-0.2, -0.15) is 0 Å². The summed E-state index contributed by atoms with van der Waals surface area (Å²) in [5.41, 5.74) is 5.74. The van der Waals surface area contributed by atoms with Gasteiger partial charge in [0.05, 0.1) is 19.8 Å². The number of rotatable bonds is 13. The number of nitrogens with two attached hydrogens (primary N) is 1. The summed E-state index contributed by atoms with van der Waals surface area (Å²) in [5, 5.41) is 3.03. The predicted octanol–water partition coefficient (Wildman–Crippen LogP) is 1.91. The lowest BCUT2D eigenvalue weighted by atomic mass is 10.1. The van der Waals surface area contributed by atoms with Crippen molar-refractivity contribution in [1.29, 1.82) is 0 Å². The molecule has 114 valence electrons. The van der Waals surface area contributed by atoms with E-state index in [1.54, 1.807) is 7.11 Å². The van der Waals surface area contributed by atoms with Crippen LogP contribution in [-0.2, 0) is 9.47 Å². The maximum absolute atomic E-state index is 5.74. The van der Waals surface area contributed by atoms with Gasteiger partial charge in [-0.15, -0.1) is 0 Å². The zero-order chi connectivity index (χ0) is 14.2. The van der Waals surface area contributed by atoms with Crippen molar-refractivity contribution >= 4 is 5.96 Å². The van der Waals surface area contributed by atoms with Crippen molar-refractivity contribution in [2.24, 2.45) is 10.7 Å². The van der Waals surface area contributed by atoms with Gasteiger partial charge in [-0.25, -0.2) is 0 Å². The molecule has 0 radical (unpaired) electrons. The third-order valence-electron chi connectivity index (χ3n) is 2.78. The average molecular weight is 273 g/mol. The molecule has 0 fully saturated rings. The van der Waals surface area contributed by atoms with Gasteiger partial charge in [0, 0.05) is 20.2 Å². The second-order valence-electron chi connectivity index (χ2n) is 4.57. The van der Waals surface area contributed by atoms with E-state index in [2.05, 4.69) is 17.2 Å². The molecule has 0 spiro atoms. The minimum atomic E-state index is 0.517. The van der Waals surface area contributed by atoms with Gasteiger partial charge in [0.15, 0.2) is 5.96 Å². The van der Waals surface area contributed by atoms with Crippen molar-refractivity contribution in [1.82, 2.24) is 5.32 Å². The Balaban J connectivity index is 3.25. The van der Waals surface area contributed by atoms with Crippen LogP contribution in [0.25, 0.3) is 0 Å². The molecule has 0 rings (SSSR count). The fourth-order valence-electron chi connectivity index (χ4n) is 1.64. The van der Waals surface area contributed by atoms with Crippen LogP contribution >= 0.6 is 0 Å².